The fourth-order valence-electron chi connectivity index (χ4n) is 2.66. The van der Waals surface area contributed by atoms with Crippen molar-refractivity contribution in [2.24, 2.45) is 0 Å². The first-order valence-corrected chi connectivity index (χ1v) is 6.05. The van der Waals surface area contributed by atoms with E-state index in [2.05, 4.69) is 5.32 Å². The Morgan fingerprint density at radius 2 is 2.11 bits per heavy atom. The molecule has 6 nitrogen and oxygen atoms in total. The van der Waals surface area contributed by atoms with E-state index >= 15 is 0 Å². The molecule has 2 aliphatic rings. The summed E-state index contributed by atoms with van der Waals surface area (Å²) in [5.41, 5.74) is 0. The number of carbonyl (C=O) groups is 3. The SMILES string of the molecule is O=C[C@@H]1CC[C@H]2C/C=C\C[C@H](NC(=O)O)C(=O)N21. The van der Waals surface area contributed by atoms with Crippen molar-refractivity contribution in [1.29, 1.82) is 0 Å². The summed E-state index contributed by atoms with van der Waals surface area (Å²) in [5, 5.41) is 10.9. The van der Waals surface area contributed by atoms with Crippen molar-refractivity contribution in [2.75, 3.05) is 0 Å². The predicted octanol–water partition coefficient (Wildman–Crippen LogP) is 0.531. The molecule has 0 spiro atoms. The minimum atomic E-state index is -1.22. The molecule has 3 atom stereocenters. The van der Waals surface area contributed by atoms with Gasteiger partial charge in [-0.2, -0.15) is 0 Å². The highest BCUT2D eigenvalue weighted by atomic mass is 16.4. The Labute approximate surface area is 105 Å². The molecule has 0 aromatic heterocycles. The molecule has 2 rings (SSSR count). The first kappa shape index (κ1) is 12.6. The molecule has 98 valence electrons. The van der Waals surface area contributed by atoms with Crippen molar-refractivity contribution in [2.45, 2.75) is 43.8 Å². The van der Waals surface area contributed by atoms with Crippen LogP contribution in [0.15, 0.2) is 12.2 Å². The second-order valence-corrected chi connectivity index (χ2v) is 4.62. The lowest BCUT2D eigenvalue weighted by molar-refractivity contribution is -0.138. The van der Waals surface area contributed by atoms with Crippen molar-refractivity contribution < 1.29 is 19.5 Å². The Balaban J connectivity index is 2.22. The zero-order valence-electron chi connectivity index (χ0n) is 9.91. The van der Waals surface area contributed by atoms with Crippen LogP contribution in [0.2, 0.25) is 0 Å². The van der Waals surface area contributed by atoms with Gasteiger partial charge in [-0.1, -0.05) is 12.2 Å². The van der Waals surface area contributed by atoms with Gasteiger partial charge in [-0.05, 0) is 25.7 Å². The van der Waals surface area contributed by atoms with E-state index in [1.165, 1.54) is 0 Å². The third-order valence-electron chi connectivity index (χ3n) is 3.50. The molecule has 0 aromatic carbocycles. The largest absolute Gasteiger partial charge is 0.465 e. The lowest BCUT2D eigenvalue weighted by atomic mass is 10.0. The van der Waals surface area contributed by atoms with E-state index in [1.54, 1.807) is 4.90 Å². The lowest BCUT2D eigenvalue weighted by Crippen LogP contribution is -2.53. The number of hydrogen-bond donors (Lipinski definition) is 2. The van der Waals surface area contributed by atoms with E-state index in [0.29, 0.717) is 12.8 Å². The van der Waals surface area contributed by atoms with Gasteiger partial charge in [-0.15, -0.1) is 0 Å². The maximum Gasteiger partial charge on any atom is 0.405 e. The van der Waals surface area contributed by atoms with Crippen molar-refractivity contribution in [3.8, 4) is 0 Å². The van der Waals surface area contributed by atoms with Crippen molar-refractivity contribution >= 4 is 18.3 Å². The number of carbonyl (C=O) groups excluding carboxylic acids is 2. The normalized spacial score (nSPS) is 33.2. The zero-order valence-corrected chi connectivity index (χ0v) is 9.91. The van der Waals surface area contributed by atoms with Gasteiger partial charge in [0.05, 0.1) is 6.04 Å². The van der Waals surface area contributed by atoms with Crippen LogP contribution in [0, 0.1) is 0 Å². The number of nitrogens with one attached hydrogen (secondary N) is 1. The summed E-state index contributed by atoms with van der Waals surface area (Å²) in [6, 6.07) is -1.18. The molecule has 0 aromatic rings. The van der Waals surface area contributed by atoms with Gasteiger partial charge in [0.25, 0.3) is 0 Å². The number of carboxylic acid groups (broad SMARTS) is 1. The fourth-order valence-corrected chi connectivity index (χ4v) is 2.66. The standard InChI is InChI=1S/C12H16N2O4/c15-7-9-6-5-8-3-1-2-4-10(13-12(17)18)11(16)14(8)9/h1-2,7-10,13H,3-6H2,(H,17,18)/b2-1-/t8-,9+,10+/m1/s1. The first-order valence-electron chi connectivity index (χ1n) is 6.05. The van der Waals surface area contributed by atoms with E-state index < -0.39 is 18.2 Å². The average molecular weight is 252 g/mol. The highest BCUT2D eigenvalue weighted by Gasteiger charge is 2.39. The second-order valence-electron chi connectivity index (χ2n) is 4.62. The Morgan fingerprint density at radius 1 is 1.39 bits per heavy atom. The van der Waals surface area contributed by atoms with Gasteiger partial charge < -0.3 is 20.1 Å². The molecular weight excluding hydrogens is 236 g/mol. The number of nitrogens with zero attached hydrogens (tertiary/aromatic N) is 1. The Hall–Kier alpha value is -1.85. The minimum absolute atomic E-state index is 0.0161. The number of hydrogen-bond acceptors (Lipinski definition) is 3. The molecular formula is C12H16N2O4. The zero-order chi connectivity index (χ0) is 13.1. The molecule has 18 heavy (non-hydrogen) atoms. The maximum absolute atomic E-state index is 12.3. The van der Waals surface area contributed by atoms with Crippen LogP contribution in [0.5, 0.6) is 0 Å². The molecule has 1 fully saturated rings. The molecule has 0 unspecified atom stereocenters. The summed E-state index contributed by atoms with van der Waals surface area (Å²) in [6.07, 6.45) is 5.85. The summed E-state index contributed by atoms with van der Waals surface area (Å²) in [7, 11) is 0. The van der Waals surface area contributed by atoms with Gasteiger partial charge in [0.2, 0.25) is 5.91 Å². The molecule has 0 bridgehead atoms. The van der Waals surface area contributed by atoms with Gasteiger partial charge in [0.15, 0.2) is 0 Å². The second kappa shape index (κ2) is 5.20. The number of aldehydes is 1. The van der Waals surface area contributed by atoms with Gasteiger partial charge >= 0.3 is 6.09 Å². The predicted molar refractivity (Wildman–Crippen MR) is 63.0 cm³/mol. The summed E-state index contributed by atoms with van der Waals surface area (Å²) >= 11 is 0. The van der Waals surface area contributed by atoms with E-state index in [4.69, 9.17) is 5.11 Å². The van der Waals surface area contributed by atoms with Crippen molar-refractivity contribution in [3.63, 3.8) is 0 Å². The highest BCUT2D eigenvalue weighted by Crippen LogP contribution is 2.28. The van der Waals surface area contributed by atoms with Crippen molar-refractivity contribution in [1.82, 2.24) is 10.2 Å². The average Bonchev–Trinajstić information content (AvgIpc) is 2.72. The number of rotatable bonds is 2. The van der Waals surface area contributed by atoms with Crippen LogP contribution < -0.4 is 5.32 Å². The van der Waals surface area contributed by atoms with Gasteiger partial charge in [-0.3, -0.25) is 4.79 Å². The van der Waals surface area contributed by atoms with Crippen LogP contribution in [0.4, 0.5) is 4.79 Å². The highest BCUT2D eigenvalue weighted by molar-refractivity contribution is 5.88. The molecule has 2 heterocycles. The number of fused-ring (bicyclic) bond motifs is 1. The van der Waals surface area contributed by atoms with Crippen LogP contribution in [-0.4, -0.2) is 46.4 Å². The lowest BCUT2D eigenvalue weighted by Gasteiger charge is -2.32. The van der Waals surface area contributed by atoms with Crippen LogP contribution >= 0.6 is 0 Å². The Kier molecular flexibility index (Phi) is 3.64. The molecule has 1 saturated heterocycles. The Morgan fingerprint density at radius 3 is 2.78 bits per heavy atom. The smallest absolute Gasteiger partial charge is 0.405 e. The first-order chi connectivity index (χ1) is 8.63. The molecule has 2 N–H and O–H groups in total. The van der Waals surface area contributed by atoms with Crippen LogP contribution in [0.25, 0.3) is 0 Å². The summed E-state index contributed by atoms with van der Waals surface area (Å²) in [6.45, 7) is 0. The van der Waals surface area contributed by atoms with Crippen LogP contribution in [-0.2, 0) is 9.59 Å². The monoisotopic (exact) mass is 252 g/mol. The van der Waals surface area contributed by atoms with Gasteiger partial charge in [-0.25, -0.2) is 4.79 Å². The summed E-state index contributed by atoms with van der Waals surface area (Å²) in [4.78, 5) is 35.5. The Bertz CT molecular complexity index is 394. The van der Waals surface area contributed by atoms with E-state index in [1.807, 2.05) is 12.2 Å². The third kappa shape index (κ3) is 2.37. The van der Waals surface area contributed by atoms with Crippen LogP contribution in [0.1, 0.15) is 25.7 Å². The van der Waals surface area contributed by atoms with Gasteiger partial charge in [0.1, 0.15) is 12.3 Å². The third-order valence-corrected chi connectivity index (χ3v) is 3.50. The summed E-state index contributed by atoms with van der Waals surface area (Å²) in [5.74, 6) is -0.290. The topological polar surface area (TPSA) is 86.7 Å². The van der Waals surface area contributed by atoms with Crippen LogP contribution in [0.3, 0.4) is 0 Å². The fraction of sp³-hybridized carbons (Fsp3) is 0.583. The summed E-state index contributed by atoms with van der Waals surface area (Å²) < 4.78 is 0. The van der Waals surface area contributed by atoms with Crippen molar-refractivity contribution in [3.05, 3.63) is 12.2 Å². The van der Waals surface area contributed by atoms with Gasteiger partial charge in [0, 0.05) is 6.04 Å². The van der Waals surface area contributed by atoms with E-state index in [9.17, 15) is 14.4 Å². The quantitative estimate of drug-likeness (QED) is 0.554. The van der Waals surface area contributed by atoms with E-state index in [-0.39, 0.29) is 11.9 Å². The molecule has 6 heteroatoms. The minimum Gasteiger partial charge on any atom is -0.465 e. The number of amides is 2. The molecule has 0 radical (unpaired) electrons. The molecule has 0 aliphatic carbocycles. The maximum atomic E-state index is 12.3. The molecule has 2 aliphatic heterocycles. The molecule has 2 amide bonds. The van der Waals surface area contributed by atoms with E-state index in [0.717, 1.165) is 19.1 Å². The molecule has 0 saturated carbocycles.